The van der Waals surface area contributed by atoms with Gasteiger partial charge >= 0.3 is 6.03 Å². The molecule has 0 aliphatic rings. The second-order valence-electron chi connectivity index (χ2n) is 5.49. The van der Waals surface area contributed by atoms with E-state index in [1.807, 2.05) is 61.5 Å². The number of amides is 2. The third kappa shape index (κ3) is 6.30. The summed E-state index contributed by atoms with van der Waals surface area (Å²) < 4.78 is 5.43. The molecular formula is C19H24N2O3. The first kappa shape index (κ1) is 17.8. The molecule has 2 aromatic carbocycles. The monoisotopic (exact) mass is 328 g/mol. The summed E-state index contributed by atoms with van der Waals surface area (Å²) in [6.07, 6.45) is -0.100. The molecule has 2 amide bonds. The summed E-state index contributed by atoms with van der Waals surface area (Å²) in [5, 5.41) is 15.4. The Balaban J connectivity index is 1.70. The standard InChI is InChI=1S/C19H24N2O3/c1-2-24-18-10-6-9-16(12-18)13-20-19(23)21-14-17(22)11-15-7-4-3-5-8-15/h3-10,12,17,22H,2,11,13-14H2,1H3,(H2,20,21,23). The number of aliphatic hydroxyl groups excluding tert-OH is 1. The van der Waals surface area contributed by atoms with Gasteiger partial charge in [-0.25, -0.2) is 4.79 Å². The number of hydrogen-bond donors (Lipinski definition) is 3. The molecule has 0 fully saturated rings. The third-order valence-electron chi connectivity index (χ3n) is 3.47. The molecule has 0 spiro atoms. The summed E-state index contributed by atoms with van der Waals surface area (Å²) in [7, 11) is 0. The highest BCUT2D eigenvalue weighted by atomic mass is 16.5. The maximum absolute atomic E-state index is 11.8. The first-order valence-corrected chi connectivity index (χ1v) is 8.12. The van der Waals surface area contributed by atoms with Gasteiger partial charge in [0, 0.05) is 19.5 Å². The van der Waals surface area contributed by atoms with Gasteiger partial charge in [-0.1, -0.05) is 42.5 Å². The second-order valence-corrected chi connectivity index (χ2v) is 5.49. The quantitative estimate of drug-likeness (QED) is 0.697. The molecule has 5 nitrogen and oxygen atoms in total. The molecule has 24 heavy (non-hydrogen) atoms. The molecule has 128 valence electrons. The summed E-state index contributed by atoms with van der Waals surface area (Å²) >= 11 is 0. The number of benzene rings is 2. The molecule has 1 unspecified atom stereocenters. The van der Waals surface area contributed by atoms with Crippen LogP contribution in [-0.4, -0.2) is 30.4 Å². The molecule has 0 saturated carbocycles. The maximum Gasteiger partial charge on any atom is 0.315 e. The fraction of sp³-hybridized carbons (Fsp3) is 0.316. The van der Waals surface area contributed by atoms with Crippen molar-refractivity contribution in [2.75, 3.05) is 13.2 Å². The summed E-state index contributed by atoms with van der Waals surface area (Å²) in [6, 6.07) is 17.0. The highest BCUT2D eigenvalue weighted by molar-refractivity contribution is 5.73. The third-order valence-corrected chi connectivity index (χ3v) is 3.47. The Kier molecular flexibility index (Phi) is 7.11. The van der Waals surface area contributed by atoms with E-state index in [4.69, 9.17) is 4.74 Å². The number of urea groups is 1. The van der Waals surface area contributed by atoms with E-state index >= 15 is 0 Å². The number of carbonyl (C=O) groups excluding carboxylic acids is 1. The van der Waals surface area contributed by atoms with E-state index < -0.39 is 6.10 Å². The summed E-state index contributed by atoms with van der Waals surface area (Å²) in [5.74, 6) is 0.787. The lowest BCUT2D eigenvalue weighted by atomic mass is 10.1. The molecular weight excluding hydrogens is 304 g/mol. The highest BCUT2D eigenvalue weighted by Crippen LogP contribution is 2.12. The fourth-order valence-corrected chi connectivity index (χ4v) is 2.33. The fourth-order valence-electron chi connectivity index (χ4n) is 2.33. The number of rotatable bonds is 8. The van der Waals surface area contributed by atoms with E-state index in [2.05, 4.69) is 10.6 Å². The van der Waals surface area contributed by atoms with Gasteiger partial charge in [-0.15, -0.1) is 0 Å². The van der Waals surface area contributed by atoms with E-state index in [0.717, 1.165) is 16.9 Å². The molecule has 0 aromatic heterocycles. The predicted octanol–water partition coefficient (Wildman–Crippen LogP) is 2.49. The van der Waals surface area contributed by atoms with Crippen LogP contribution in [-0.2, 0) is 13.0 Å². The van der Waals surface area contributed by atoms with Gasteiger partial charge < -0.3 is 20.5 Å². The van der Waals surface area contributed by atoms with E-state index in [1.165, 1.54) is 0 Å². The molecule has 2 aromatic rings. The minimum atomic E-state index is -0.612. The minimum absolute atomic E-state index is 0.208. The van der Waals surface area contributed by atoms with E-state index in [-0.39, 0.29) is 12.6 Å². The van der Waals surface area contributed by atoms with Crippen LogP contribution in [0.25, 0.3) is 0 Å². The van der Waals surface area contributed by atoms with Crippen LogP contribution < -0.4 is 15.4 Å². The second kappa shape index (κ2) is 9.57. The molecule has 0 aliphatic heterocycles. The van der Waals surface area contributed by atoms with Crippen LogP contribution >= 0.6 is 0 Å². The lowest BCUT2D eigenvalue weighted by Crippen LogP contribution is -2.39. The summed E-state index contributed by atoms with van der Waals surface area (Å²) in [6.45, 7) is 3.15. The molecule has 2 rings (SSSR count). The number of aliphatic hydroxyl groups is 1. The van der Waals surface area contributed by atoms with Gasteiger partial charge in [0.15, 0.2) is 0 Å². The largest absolute Gasteiger partial charge is 0.494 e. The Morgan fingerprint density at radius 1 is 1.08 bits per heavy atom. The van der Waals surface area contributed by atoms with Crippen LogP contribution in [0.5, 0.6) is 5.75 Å². The van der Waals surface area contributed by atoms with Gasteiger partial charge in [-0.2, -0.15) is 0 Å². The van der Waals surface area contributed by atoms with Crippen LogP contribution in [0, 0.1) is 0 Å². The number of hydrogen-bond acceptors (Lipinski definition) is 3. The first-order chi connectivity index (χ1) is 11.7. The molecule has 0 saturated heterocycles. The molecule has 3 N–H and O–H groups in total. The minimum Gasteiger partial charge on any atom is -0.494 e. The molecule has 0 bridgehead atoms. The Hall–Kier alpha value is -2.53. The van der Waals surface area contributed by atoms with Crippen molar-refractivity contribution in [3.05, 3.63) is 65.7 Å². The Morgan fingerprint density at radius 3 is 2.58 bits per heavy atom. The van der Waals surface area contributed by atoms with Gasteiger partial charge in [0.25, 0.3) is 0 Å². The normalized spacial score (nSPS) is 11.6. The van der Waals surface area contributed by atoms with Crippen molar-refractivity contribution in [1.82, 2.24) is 10.6 Å². The van der Waals surface area contributed by atoms with Crippen molar-refractivity contribution < 1.29 is 14.6 Å². The van der Waals surface area contributed by atoms with Crippen LogP contribution in [0.2, 0.25) is 0 Å². The Labute approximate surface area is 142 Å². The van der Waals surface area contributed by atoms with Crippen molar-refractivity contribution >= 4 is 6.03 Å². The molecule has 0 aliphatic carbocycles. The number of ether oxygens (including phenoxy) is 1. The van der Waals surface area contributed by atoms with Gasteiger partial charge in [-0.3, -0.25) is 0 Å². The topological polar surface area (TPSA) is 70.6 Å². The molecule has 0 radical (unpaired) electrons. The van der Waals surface area contributed by atoms with Crippen molar-refractivity contribution in [1.29, 1.82) is 0 Å². The van der Waals surface area contributed by atoms with Gasteiger partial charge in [0.2, 0.25) is 0 Å². The van der Waals surface area contributed by atoms with Crippen LogP contribution in [0.4, 0.5) is 4.79 Å². The zero-order valence-electron chi connectivity index (χ0n) is 13.9. The number of carbonyl (C=O) groups is 1. The lowest BCUT2D eigenvalue weighted by molar-refractivity contribution is 0.170. The van der Waals surface area contributed by atoms with Crippen molar-refractivity contribution in [2.45, 2.75) is 26.0 Å². The predicted molar refractivity (Wildman–Crippen MR) is 94.0 cm³/mol. The highest BCUT2D eigenvalue weighted by Gasteiger charge is 2.08. The Bertz CT molecular complexity index is 632. The Morgan fingerprint density at radius 2 is 1.83 bits per heavy atom. The van der Waals surface area contributed by atoms with Gasteiger partial charge in [-0.05, 0) is 30.2 Å². The zero-order valence-corrected chi connectivity index (χ0v) is 13.9. The van der Waals surface area contributed by atoms with E-state index in [9.17, 15) is 9.90 Å². The average molecular weight is 328 g/mol. The molecule has 1 atom stereocenters. The van der Waals surface area contributed by atoms with Crippen molar-refractivity contribution in [3.63, 3.8) is 0 Å². The average Bonchev–Trinajstić information content (AvgIpc) is 2.60. The van der Waals surface area contributed by atoms with Gasteiger partial charge in [0.1, 0.15) is 5.75 Å². The molecule has 5 heteroatoms. The number of nitrogens with one attached hydrogen (secondary N) is 2. The van der Waals surface area contributed by atoms with E-state index in [0.29, 0.717) is 19.6 Å². The van der Waals surface area contributed by atoms with Crippen LogP contribution in [0.15, 0.2) is 54.6 Å². The zero-order chi connectivity index (χ0) is 17.2. The van der Waals surface area contributed by atoms with Crippen LogP contribution in [0.3, 0.4) is 0 Å². The summed E-state index contributed by atoms with van der Waals surface area (Å²) in [5.41, 5.74) is 2.00. The smallest absolute Gasteiger partial charge is 0.315 e. The van der Waals surface area contributed by atoms with Crippen molar-refractivity contribution in [2.24, 2.45) is 0 Å². The maximum atomic E-state index is 11.8. The first-order valence-electron chi connectivity index (χ1n) is 8.12. The lowest BCUT2D eigenvalue weighted by Gasteiger charge is -2.13. The van der Waals surface area contributed by atoms with Crippen LogP contribution in [0.1, 0.15) is 18.1 Å². The van der Waals surface area contributed by atoms with Crippen molar-refractivity contribution in [3.8, 4) is 5.75 Å². The summed E-state index contributed by atoms with van der Waals surface area (Å²) in [4.78, 5) is 11.8. The van der Waals surface area contributed by atoms with E-state index in [1.54, 1.807) is 0 Å². The van der Waals surface area contributed by atoms with Gasteiger partial charge in [0.05, 0.1) is 12.7 Å². The molecule has 0 heterocycles. The SMILES string of the molecule is CCOc1cccc(CNC(=O)NCC(O)Cc2ccccc2)c1.